The molecule has 3 atom stereocenters. The van der Waals surface area contributed by atoms with Crippen LogP contribution in [0.5, 0.6) is 0 Å². The minimum atomic E-state index is 0.268. The van der Waals surface area contributed by atoms with Crippen molar-refractivity contribution in [2.24, 2.45) is 0 Å². The van der Waals surface area contributed by atoms with Crippen molar-refractivity contribution in [2.75, 3.05) is 13.6 Å². The van der Waals surface area contributed by atoms with E-state index in [1.54, 1.807) is 0 Å². The number of fused-ring (bicyclic) bond motifs is 2. The lowest BCUT2D eigenvalue weighted by molar-refractivity contribution is -0.139. The molecule has 4 nitrogen and oxygen atoms in total. The van der Waals surface area contributed by atoms with Gasteiger partial charge in [0, 0.05) is 51.0 Å². The van der Waals surface area contributed by atoms with Gasteiger partial charge in [-0.2, -0.15) is 0 Å². The van der Waals surface area contributed by atoms with Gasteiger partial charge in [-0.3, -0.25) is 14.5 Å². The van der Waals surface area contributed by atoms with Gasteiger partial charge in [-0.25, -0.2) is 0 Å². The first-order chi connectivity index (χ1) is 8.65. The molecule has 4 heteroatoms. The smallest absolute Gasteiger partial charge is 0.222 e. The third-order valence-electron chi connectivity index (χ3n) is 4.87. The number of nitrogens with zero attached hydrogens (tertiary/aromatic N) is 2. The first kappa shape index (κ1) is 12.2. The second-order valence-corrected chi connectivity index (χ2v) is 6.10. The predicted octanol–water partition coefficient (Wildman–Crippen LogP) is 1.19. The maximum Gasteiger partial charge on any atom is 0.222 e. The van der Waals surface area contributed by atoms with Gasteiger partial charge in [0.2, 0.25) is 5.91 Å². The lowest BCUT2D eigenvalue weighted by atomic mass is 9.81. The van der Waals surface area contributed by atoms with Gasteiger partial charge >= 0.3 is 0 Å². The van der Waals surface area contributed by atoms with Crippen LogP contribution in [-0.4, -0.2) is 53.2 Å². The third kappa shape index (κ3) is 2.07. The summed E-state index contributed by atoms with van der Waals surface area (Å²) in [7, 11) is 1.90. The second-order valence-electron chi connectivity index (χ2n) is 6.10. The van der Waals surface area contributed by atoms with Crippen molar-refractivity contribution in [1.82, 2.24) is 9.80 Å². The molecule has 3 saturated heterocycles. The normalized spacial score (nSPS) is 38.1. The molecule has 0 saturated carbocycles. The lowest BCUT2D eigenvalue weighted by Crippen LogP contribution is -2.60. The van der Waals surface area contributed by atoms with Gasteiger partial charge in [-0.1, -0.05) is 6.42 Å². The highest BCUT2D eigenvalue weighted by Crippen LogP contribution is 2.35. The summed E-state index contributed by atoms with van der Waals surface area (Å²) in [5.41, 5.74) is 0. The van der Waals surface area contributed by atoms with Crippen molar-refractivity contribution in [3.8, 4) is 0 Å². The lowest BCUT2D eigenvalue weighted by Gasteiger charge is -2.51. The first-order valence-corrected chi connectivity index (χ1v) is 7.18. The largest absolute Gasteiger partial charge is 0.344 e. The number of carbonyl (C=O) groups is 2. The fourth-order valence-electron chi connectivity index (χ4n) is 4.04. The molecule has 3 heterocycles. The van der Waals surface area contributed by atoms with E-state index in [-0.39, 0.29) is 5.91 Å². The van der Waals surface area contributed by atoms with Crippen LogP contribution in [0.25, 0.3) is 0 Å². The fraction of sp³-hybridized carbons (Fsp3) is 0.857. The molecule has 100 valence electrons. The third-order valence-corrected chi connectivity index (χ3v) is 4.87. The maximum absolute atomic E-state index is 11.7. The first-order valence-electron chi connectivity index (χ1n) is 7.18. The zero-order chi connectivity index (χ0) is 12.7. The molecule has 0 aromatic heterocycles. The number of hydrogen-bond donors (Lipinski definition) is 0. The second kappa shape index (κ2) is 4.65. The topological polar surface area (TPSA) is 40.6 Å². The average molecular weight is 250 g/mol. The molecule has 0 radical (unpaired) electrons. The molecule has 0 N–H and O–H groups in total. The Morgan fingerprint density at radius 3 is 2.28 bits per heavy atom. The van der Waals surface area contributed by atoms with Gasteiger partial charge in [-0.05, 0) is 19.3 Å². The molecular weight excluding hydrogens is 228 g/mol. The van der Waals surface area contributed by atoms with Crippen molar-refractivity contribution in [1.29, 1.82) is 0 Å². The number of piperidine rings is 3. The minimum absolute atomic E-state index is 0.268. The van der Waals surface area contributed by atoms with E-state index < -0.39 is 0 Å². The van der Waals surface area contributed by atoms with E-state index in [0.29, 0.717) is 30.3 Å². The van der Waals surface area contributed by atoms with Crippen molar-refractivity contribution in [3.63, 3.8) is 0 Å². The van der Waals surface area contributed by atoms with Crippen LogP contribution in [0.3, 0.4) is 0 Å². The van der Waals surface area contributed by atoms with E-state index in [1.165, 1.54) is 6.42 Å². The molecule has 18 heavy (non-hydrogen) atoms. The number of likely N-dealkylation sites (N-methyl/N-ethyl adjacent to an activating group) is 1. The summed E-state index contributed by atoms with van der Waals surface area (Å²) in [6.07, 6.45) is 6.72. The Morgan fingerprint density at radius 2 is 1.67 bits per heavy atom. The van der Waals surface area contributed by atoms with Crippen LogP contribution >= 0.6 is 0 Å². The molecule has 3 aliphatic rings. The number of rotatable bonds is 1. The van der Waals surface area contributed by atoms with Gasteiger partial charge in [0.25, 0.3) is 0 Å². The van der Waals surface area contributed by atoms with Crippen LogP contribution in [-0.2, 0) is 9.59 Å². The summed E-state index contributed by atoms with van der Waals surface area (Å²) in [6, 6.07) is 1.39. The van der Waals surface area contributed by atoms with Gasteiger partial charge in [0.05, 0.1) is 0 Å². The molecule has 1 amide bonds. The van der Waals surface area contributed by atoms with Gasteiger partial charge in [0.15, 0.2) is 0 Å². The summed E-state index contributed by atoms with van der Waals surface area (Å²) in [6.45, 7) is 0.847. The SMILES string of the molecule is CN1CC(N2C3CCCC2CC(=O)C3)CCC1=O. The summed E-state index contributed by atoms with van der Waals surface area (Å²) in [5.74, 6) is 0.714. The van der Waals surface area contributed by atoms with Gasteiger partial charge in [0.1, 0.15) is 5.78 Å². The molecule has 3 unspecified atom stereocenters. The van der Waals surface area contributed by atoms with E-state index >= 15 is 0 Å². The number of ketones is 1. The maximum atomic E-state index is 11.7. The van der Waals surface area contributed by atoms with E-state index in [9.17, 15) is 9.59 Å². The standard InChI is InChI=1S/C14H22N2O2/c1-15-9-12(5-6-14(15)18)16-10-3-2-4-11(16)8-13(17)7-10/h10-12H,2-9H2,1H3. The zero-order valence-corrected chi connectivity index (χ0v) is 11.1. The number of amides is 1. The van der Waals surface area contributed by atoms with Crippen molar-refractivity contribution >= 4 is 11.7 Å². The fourth-order valence-corrected chi connectivity index (χ4v) is 4.04. The van der Waals surface area contributed by atoms with Gasteiger partial charge in [-0.15, -0.1) is 0 Å². The average Bonchev–Trinajstić information content (AvgIpc) is 2.32. The molecule has 0 spiro atoms. The van der Waals surface area contributed by atoms with Crippen LogP contribution in [0.15, 0.2) is 0 Å². The van der Waals surface area contributed by atoms with Crippen LogP contribution in [0.4, 0.5) is 0 Å². The van der Waals surface area contributed by atoms with Gasteiger partial charge < -0.3 is 4.90 Å². The number of likely N-dealkylation sites (tertiary alicyclic amines) is 1. The van der Waals surface area contributed by atoms with Crippen LogP contribution < -0.4 is 0 Å². The Labute approximate surface area is 108 Å². The highest BCUT2D eigenvalue weighted by atomic mass is 16.2. The molecule has 0 aromatic rings. The van der Waals surface area contributed by atoms with E-state index in [1.807, 2.05) is 11.9 Å². The number of carbonyl (C=O) groups excluding carboxylic acids is 2. The molecule has 0 aromatic carbocycles. The summed E-state index contributed by atoms with van der Waals surface area (Å²) in [4.78, 5) is 27.8. The Hall–Kier alpha value is -0.900. The predicted molar refractivity (Wildman–Crippen MR) is 68.2 cm³/mol. The minimum Gasteiger partial charge on any atom is -0.344 e. The van der Waals surface area contributed by atoms with Crippen LogP contribution in [0, 0.1) is 0 Å². The molecule has 0 aliphatic carbocycles. The summed E-state index contributed by atoms with van der Waals surface area (Å²) >= 11 is 0. The van der Waals surface area contributed by atoms with Crippen molar-refractivity contribution in [2.45, 2.75) is 63.1 Å². The van der Waals surface area contributed by atoms with E-state index in [0.717, 1.165) is 38.6 Å². The highest BCUT2D eigenvalue weighted by molar-refractivity contribution is 5.80. The van der Waals surface area contributed by atoms with Crippen molar-refractivity contribution < 1.29 is 9.59 Å². The number of Topliss-reactive ketones (excluding diaryl/α,β-unsaturated/α-hetero) is 1. The Bertz CT molecular complexity index is 353. The van der Waals surface area contributed by atoms with E-state index in [4.69, 9.17) is 0 Å². The summed E-state index contributed by atoms with van der Waals surface area (Å²) < 4.78 is 0. The zero-order valence-electron chi connectivity index (χ0n) is 11.1. The van der Waals surface area contributed by atoms with Crippen LogP contribution in [0.2, 0.25) is 0 Å². The van der Waals surface area contributed by atoms with Crippen LogP contribution in [0.1, 0.15) is 44.9 Å². The Balaban J connectivity index is 1.75. The highest BCUT2D eigenvalue weighted by Gasteiger charge is 2.42. The number of hydrogen-bond acceptors (Lipinski definition) is 3. The van der Waals surface area contributed by atoms with Crippen molar-refractivity contribution in [3.05, 3.63) is 0 Å². The summed E-state index contributed by atoms with van der Waals surface area (Å²) in [5, 5.41) is 0. The molecule has 3 fully saturated rings. The molecular formula is C14H22N2O2. The quantitative estimate of drug-likeness (QED) is 0.702. The Morgan fingerprint density at radius 1 is 1.00 bits per heavy atom. The molecule has 2 bridgehead atoms. The monoisotopic (exact) mass is 250 g/mol. The van der Waals surface area contributed by atoms with E-state index in [2.05, 4.69) is 4.90 Å². The molecule has 3 rings (SSSR count). The molecule has 3 aliphatic heterocycles. The Kier molecular flexibility index (Phi) is 3.14.